The first-order valence-electron chi connectivity index (χ1n) is 4.09. The third kappa shape index (κ3) is 6.37. The quantitative estimate of drug-likeness (QED) is 0.643. The number of nitrogens with one attached hydrogen (secondary N) is 1. The molecular formula is C8H17NO2S. The average Bonchev–Trinajstić information content (AvgIpc) is 1.98. The molecule has 3 nitrogen and oxygen atoms in total. The monoisotopic (exact) mass is 191 g/mol. The zero-order valence-electron chi connectivity index (χ0n) is 7.76. The van der Waals surface area contributed by atoms with Crippen LogP contribution in [0.1, 0.15) is 26.7 Å². The summed E-state index contributed by atoms with van der Waals surface area (Å²) in [7, 11) is -3.05. The van der Waals surface area contributed by atoms with E-state index in [-0.39, 0.29) is 5.75 Å². The minimum atomic E-state index is -3.05. The van der Waals surface area contributed by atoms with Crippen molar-refractivity contribution in [2.45, 2.75) is 26.7 Å². The largest absolute Gasteiger partial charge is 0.212 e. The van der Waals surface area contributed by atoms with Crippen LogP contribution in [0.25, 0.3) is 0 Å². The smallest absolute Gasteiger partial charge is 0.211 e. The van der Waals surface area contributed by atoms with Crippen molar-refractivity contribution in [3.8, 4) is 0 Å². The van der Waals surface area contributed by atoms with Gasteiger partial charge in [0.25, 0.3) is 0 Å². The lowest BCUT2D eigenvalue weighted by Gasteiger charge is -2.04. The Labute approximate surface area is 74.9 Å². The van der Waals surface area contributed by atoms with E-state index in [2.05, 4.69) is 11.3 Å². The molecule has 0 atom stereocenters. The van der Waals surface area contributed by atoms with E-state index in [0.29, 0.717) is 13.0 Å². The van der Waals surface area contributed by atoms with Crippen LogP contribution >= 0.6 is 0 Å². The van der Waals surface area contributed by atoms with Gasteiger partial charge in [0.1, 0.15) is 0 Å². The third-order valence-corrected chi connectivity index (χ3v) is 2.77. The van der Waals surface area contributed by atoms with Crippen LogP contribution in [-0.2, 0) is 10.0 Å². The zero-order valence-corrected chi connectivity index (χ0v) is 8.58. The van der Waals surface area contributed by atoms with Gasteiger partial charge in [-0.05, 0) is 13.3 Å². The molecule has 0 fully saturated rings. The highest BCUT2D eigenvalue weighted by atomic mass is 32.2. The molecule has 0 bridgehead atoms. The van der Waals surface area contributed by atoms with Gasteiger partial charge in [-0.1, -0.05) is 25.5 Å². The van der Waals surface area contributed by atoms with Crippen molar-refractivity contribution in [2.75, 3.05) is 12.3 Å². The van der Waals surface area contributed by atoms with Crippen LogP contribution in [0.2, 0.25) is 0 Å². The summed E-state index contributed by atoms with van der Waals surface area (Å²) in [5, 5.41) is 0. The van der Waals surface area contributed by atoms with Crippen molar-refractivity contribution in [3.05, 3.63) is 12.2 Å². The molecule has 0 aliphatic rings. The van der Waals surface area contributed by atoms with Gasteiger partial charge in [-0.3, -0.25) is 0 Å². The first-order chi connectivity index (χ1) is 5.48. The van der Waals surface area contributed by atoms with Crippen molar-refractivity contribution in [1.29, 1.82) is 0 Å². The predicted molar refractivity (Wildman–Crippen MR) is 51.5 cm³/mol. The van der Waals surface area contributed by atoms with Crippen LogP contribution in [0, 0.1) is 0 Å². The molecule has 0 aliphatic carbocycles. The summed E-state index contributed by atoms with van der Waals surface area (Å²) in [6.45, 7) is 7.73. The maximum Gasteiger partial charge on any atom is 0.211 e. The molecule has 0 aliphatic heterocycles. The normalized spacial score (nSPS) is 11.5. The molecule has 0 amide bonds. The van der Waals surface area contributed by atoms with E-state index in [1.165, 1.54) is 0 Å². The summed E-state index contributed by atoms with van der Waals surface area (Å²) in [6, 6.07) is 0. The standard InChI is InChI=1S/C8H17NO2S/c1-4-5-6-12(10,11)9-7-8(2)3/h9H,2,4-7H2,1,3H3. The van der Waals surface area contributed by atoms with Crippen molar-refractivity contribution < 1.29 is 8.42 Å². The van der Waals surface area contributed by atoms with Crippen molar-refractivity contribution >= 4 is 10.0 Å². The van der Waals surface area contributed by atoms with Crippen LogP contribution in [-0.4, -0.2) is 20.7 Å². The van der Waals surface area contributed by atoms with Gasteiger partial charge in [0, 0.05) is 6.54 Å². The summed E-state index contributed by atoms with van der Waals surface area (Å²) in [5.41, 5.74) is 0.829. The van der Waals surface area contributed by atoms with E-state index in [4.69, 9.17) is 0 Å². The minimum Gasteiger partial charge on any atom is -0.212 e. The van der Waals surface area contributed by atoms with E-state index in [1.807, 2.05) is 6.92 Å². The SMILES string of the molecule is C=C(C)CNS(=O)(=O)CCCC. The molecule has 0 unspecified atom stereocenters. The third-order valence-electron chi connectivity index (χ3n) is 1.36. The summed E-state index contributed by atoms with van der Waals surface area (Å²) in [4.78, 5) is 0. The Morgan fingerprint density at radius 3 is 2.50 bits per heavy atom. The fourth-order valence-corrected chi connectivity index (χ4v) is 1.92. The van der Waals surface area contributed by atoms with Crippen LogP contribution in [0.15, 0.2) is 12.2 Å². The van der Waals surface area contributed by atoms with Crippen LogP contribution in [0.4, 0.5) is 0 Å². The summed E-state index contributed by atoms with van der Waals surface area (Å²) in [6.07, 6.45) is 1.61. The lowest BCUT2D eigenvalue weighted by molar-refractivity contribution is 0.581. The Kier molecular flexibility index (Phi) is 5.17. The number of rotatable bonds is 6. The summed E-state index contributed by atoms with van der Waals surface area (Å²) < 4.78 is 24.7. The predicted octanol–water partition coefficient (Wildman–Crippen LogP) is 1.28. The molecule has 0 rings (SSSR count). The molecule has 12 heavy (non-hydrogen) atoms. The lowest BCUT2D eigenvalue weighted by atomic mass is 10.4. The van der Waals surface area contributed by atoms with Crippen molar-refractivity contribution in [3.63, 3.8) is 0 Å². The van der Waals surface area contributed by atoms with E-state index in [0.717, 1.165) is 12.0 Å². The molecule has 4 heteroatoms. The maximum atomic E-state index is 11.1. The molecule has 0 saturated carbocycles. The van der Waals surface area contributed by atoms with Gasteiger partial charge in [-0.25, -0.2) is 13.1 Å². The van der Waals surface area contributed by atoms with Gasteiger partial charge in [-0.15, -0.1) is 0 Å². The summed E-state index contributed by atoms with van der Waals surface area (Å²) in [5.74, 6) is 0.219. The molecule has 0 aromatic carbocycles. The molecule has 0 saturated heterocycles. The average molecular weight is 191 g/mol. The maximum absolute atomic E-state index is 11.1. The Bertz CT molecular complexity index is 231. The first kappa shape index (κ1) is 11.6. The van der Waals surface area contributed by atoms with Crippen molar-refractivity contribution in [2.24, 2.45) is 0 Å². The summed E-state index contributed by atoms with van der Waals surface area (Å²) >= 11 is 0. The van der Waals surface area contributed by atoms with Gasteiger partial charge in [0.05, 0.1) is 5.75 Å². The molecular weight excluding hydrogens is 174 g/mol. The van der Waals surface area contributed by atoms with Gasteiger partial charge in [0.2, 0.25) is 10.0 Å². The van der Waals surface area contributed by atoms with E-state index in [9.17, 15) is 8.42 Å². The van der Waals surface area contributed by atoms with Crippen LogP contribution < -0.4 is 4.72 Å². The molecule has 0 aromatic rings. The van der Waals surface area contributed by atoms with Gasteiger partial charge in [0.15, 0.2) is 0 Å². The van der Waals surface area contributed by atoms with Crippen LogP contribution in [0.3, 0.4) is 0 Å². The Balaban J connectivity index is 3.80. The second-order valence-electron chi connectivity index (χ2n) is 2.95. The molecule has 72 valence electrons. The number of sulfonamides is 1. The fourth-order valence-electron chi connectivity index (χ4n) is 0.640. The number of hydrogen-bond donors (Lipinski definition) is 1. The highest BCUT2D eigenvalue weighted by Gasteiger charge is 2.07. The molecule has 0 heterocycles. The Morgan fingerprint density at radius 2 is 2.08 bits per heavy atom. The number of hydrogen-bond acceptors (Lipinski definition) is 2. The highest BCUT2D eigenvalue weighted by molar-refractivity contribution is 7.89. The van der Waals surface area contributed by atoms with E-state index in [1.54, 1.807) is 6.92 Å². The molecule has 0 radical (unpaired) electrons. The van der Waals surface area contributed by atoms with E-state index >= 15 is 0 Å². The fraction of sp³-hybridized carbons (Fsp3) is 0.750. The zero-order chi connectivity index (χ0) is 9.61. The van der Waals surface area contributed by atoms with Gasteiger partial charge >= 0.3 is 0 Å². The lowest BCUT2D eigenvalue weighted by Crippen LogP contribution is -2.27. The second-order valence-corrected chi connectivity index (χ2v) is 4.88. The van der Waals surface area contributed by atoms with Gasteiger partial charge < -0.3 is 0 Å². The topological polar surface area (TPSA) is 46.2 Å². The van der Waals surface area contributed by atoms with Crippen LogP contribution in [0.5, 0.6) is 0 Å². The van der Waals surface area contributed by atoms with E-state index < -0.39 is 10.0 Å². The Morgan fingerprint density at radius 1 is 1.50 bits per heavy atom. The second kappa shape index (κ2) is 5.32. The molecule has 1 N–H and O–H groups in total. The minimum absolute atomic E-state index is 0.219. The molecule has 0 aromatic heterocycles. The first-order valence-corrected chi connectivity index (χ1v) is 5.75. The number of unbranched alkanes of at least 4 members (excludes halogenated alkanes) is 1. The molecule has 0 spiro atoms. The van der Waals surface area contributed by atoms with Crippen molar-refractivity contribution in [1.82, 2.24) is 4.72 Å². The highest BCUT2D eigenvalue weighted by Crippen LogP contribution is 1.94. The van der Waals surface area contributed by atoms with Gasteiger partial charge in [-0.2, -0.15) is 0 Å². The Hall–Kier alpha value is -0.350.